The molecule has 0 fully saturated rings. The van der Waals surface area contributed by atoms with Gasteiger partial charge in [0.15, 0.2) is 0 Å². The summed E-state index contributed by atoms with van der Waals surface area (Å²) < 4.78 is 0. The molecule has 9 heavy (non-hydrogen) atoms. The van der Waals surface area contributed by atoms with E-state index in [9.17, 15) is 0 Å². The van der Waals surface area contributed by atoms with Crippen molar-refractivity contribution in [1.29, 1.82) is 0 Å². The van der Waals surface area contributed by atoms with Gasteiger partial charge >= 0.3 is 236 Å². The molecule has 0 amide bonds. The summed E-state index contributed by atoms with van der Waals surface area (Å²) in [7, 11) is 0. The Balaban J connectivity index is 0. The Morgan fingerprint density at radius 1 is 0.222 bits per heavy atom. The van der Waals surface area contributed by atoms with Gasteiger partial charge in [0, 0.05) is 0 Å². The van der Waals surface area contributed by atoms with E-state index in [0.29, 0.717) is 0 Å². The van der Waals surface area contributed by atoms with E-state index in [1.807, 2.05) is 0 Å². The molecular weight excluding hydrogens is 200 g/mol. The van der Waals surface area contributed by atoms with Crippen LogP contribution in [-0.4, -0.2) is 242 Å². The Morgan fingerprint density at radius 3 is 0.222 bits per heavy atom. The Bertz CT molecular complexity index is 4.53. The molecule has 0 saturated carbocycles. The van der Waals surface area contributed by atoms with Crippen LogP contribution < -0.4 is 0 Å². The van der Waals surface area contributed by atoms with Crippen molar-refractivity contribution in [2.45, 2.75) is 0 Å². The Morgan fingerprint density at radius 2 is 0.222 bits per heavy atom. The summed E-state index contributed by atoms with van der Waals surface area (Å²) in [5.41, 5.74) is 0. The van der Waals surface area contributed by atoms with Crippen LogP contribution in [0.1, 0.15) is 0 Å². The minimum absolute atomic E-state index is 0. The SMILES string of the molecule is O.[NaH].[NaH].[NaH].[NaH].[NaH].[NaH].[NaH].[NaH]. The molecule has 0 aliphatic rings. The summed E-state index contributed by atoms with van der Waals surface area (Å²) in [6.45, 7) is 0. The van der Waals surface area contributed by atoms with Gasteiger partial charge in [0.2, 0.25) is 0 Å². The molecule has 0 aromatic heterocycles. The molecule has 0 radical (unpaired) electrons. The van der Waals surface area contributed by atoms with Gasteiger partial charge in [-0.1, -0.05) is 0 Å². The zero-order valence-electron chi connectivity index (χ0n) is 0.500. The van der Waals surface area contributed by atoms with E-state index in [0.717, 1.165) is 0 Å². The molecule has 2 N–H and O–H groups in total. The van der Waals surface area contributed by atoms with Crippen LogP contribution in [0.25, 0.3) is 0 Å². The summed E-state index contributed by atoms with van der Waals surface area (Å²) in [5, 5.41) is 0. The predicted molar refractivity (Wildman–Crippen MR) is 60.8 cm³/mol. The fraction of sp³-hybridized carbons (Fsp3) is 0. The number of hydrogen-bond donors (Lipinski definition) is 0. The van der Waals surface area contributed by atoms with Crippen molar-refractivity contribution in [2.24, 2.45) is 0 Å². The quantitative estimate of drug-likeness (QED) is 0.356. The summed E-state index contributed by atoms with van der Waals surface area (Å²) in [6, 6.07) is 0. The molecule has 0 heterocycles. The van der Waals surface area contributed by atoms with Gasteiger partial charge in [-0.15, -0.1) is 0 Å². The van der Waals surface area contributed by atoms with Gasteiger partial charge in [-0.25, -0.2) is 0 Å². The van der Waals surface area contributed by atoms with Gasteiger partial charge in [-0.3, -0.25) is 0 Å². The van der Waals surface area contributed by atoms with E-state index >= 15 is 0 Å². The molecule has 1 nitrogen and oxygen atoms in total. The minimum atomic E-state index is 0. The van der Waals surface area contributed by atoms with Gasteiger partial charge < -0.3 is 5.48 Å². The molecule has 0 bridgehead atoms. The van der Waals surface area contributed by atoms with Gasteiger partial charge in [0.05, 0.1) is 0 Å². The molecule has 0 aliphatic carbocycles. The van der Waals surface area contributed by atoms with Crippen molar-refractivity contribution < 1.29 is 5.48 Å². The van der Waals surface area contributed by atoms with Gasteiger partial charge in [0.25, 0.3) is 0 Å². The van der Waals surface area contributed by atoms with E-state index in [4.69, 9.17) is 0 Å². The van der Waals surface area contributed by atoms with Crippen LogP contribution in [0.15, 0.2) is 0 Å². The average molecular weight is 210 g/mol. The molecule has 0 aliphatic heterocycles. The zero-order chi connectivity index (χ0) is 0. The monoisotopic (exact) mass is 210 g/mol. The second-order valence-electron chi connectivity index (χ2n) is 0. The van der Waals surface area contributed by atoms with Gasteiger partial charge in [0.1, 0.15) is 0 Å². The first-order valence-electron chi connectivity index (χ1n) is 0. The maximum absolute atomic E-state index is 0. The molecule has 0 spiro atoms. The van der Waals surface area contributed by atoms with E-state index in [1.165, 1.54) is 0 Å². The Labute approximate surface area is 234 Å². The number of hydrogen-bond acceptors (Lipinski definition) is 0. The summed E-state index contributed by atoms with van der Waals surface area (Å²) in [6.07, 6.45) is 0. The van der Waals surface area contributed by atoms with Crippen molar-refractivity contribution in [3.8, 4) is 0 Å². The summed E-state index contributed by atoms with van der Waals surface area (Å²) in [5.74, 6) is 0. The predicted octanol–water partition coefficient (Wildman–Crippen LogP) is -6.01. The zero-order valence-corrected chi connectivity index (χ0v) is 0.500. The molecule has 9 heteroatoms. The third-order valence-electron chi connectivity index (χ3n) is 0. The normalized spacial score (nSPS) is 0. The Hall–Kier alpha value is 7.96. The molecule has 0 aromatic rings. The van der Waals surface area contributed by atoms with Crippen LogP contribution >= 0.6 is 0 Å². The standard InChI is InChI=1S/8Na.H2O.8H/h;;;;;;;;1H2;;;;;;;;. The maximum atomic E-state index is 0. The topological polar surface area (TPSA) is 31.5 Å². The molecule has 0 rings (SSSR count). The van der Waals surface area contributed by atoms with E-state index in [1.54, 1.807) is 0 Å². The van der Waals surface area contributed by atoms with E-state index in [-0.39, 0.29) is 242 Å². The third-order valence-corrected chi connectivity index (χ3v) is 0. The van der Waals surface area contributed by atoms with Crippen LogP contribution in [0.4, 0.5) is 0 Å². The van der Waals surface area contributed by atoms with Gasteiger partial charge in [-0.05, 0) is 0 Å². The van der Waals surface area contributed by atoms with Crippen LogP contribution in [-0.2, 0) is 0 Å². The third kappa shape index (κ3) is 49.1. The van der Waals surface area contributed by atoms with Crippen LogP contribution in [0.2, 0.25) is 0 Å². The van der Waals surface area contributed by atoms with Crippen molar-refractivity contribution in [3.63, 3.8) is 0 Å². The molecule has 0 unspecified atom stereocenters. The fourth-order valence-corrected chi connectivity index (χ4v) is 0. The van der Waals surface area contributed by atoms with E-state index in [2.05, 4.69) is 0 Å². The fourth-order valence-electron chi connectivity index (χ4n) is 0. The van der Waals surface area contributed by atoms with Crippen molar-refractivity contribution in [2.75, 3.05) is 0 Å². The van der Waals surface area contributed by atoms with Crippen LogP contribution in [0, 0.1) is 0 Å². The summed E-state index contributed by atoms with van der Waals surface area (Å²) in [4.78, 5) is 0. The average Bonchev–Trinajstić information content (AvgIpc) is 0. The molecule has 0 atom stereocenters. The van der Waals surface area contributed by atoms with Crippen LogP contribution in [0.5, 0.6) is 0 Å². The van der Waals surface area contributed by atoms with Crippen molar-refractivity contribution >= 4 is 236 Å². The molecule has 0 aromatic carbocycles. The molecular formula is H10Na8O. The molecule has 24 valence electrons. The summed E-state index contributed by atoms with van der Waals surface area (Å²) >= 11 is 0. The first kappa shape index (κ1) is 68.2. The van der Waals surface area contributed by atoms with Gasteiger partial charge in [-0.2, -0.15) is 0 Å². The van der Waals surface area contributed by atoms with Crippen molar-refractivity contribution in [1.82, 2.24) is 0 Å². The first-order chi connectivity index (χ1) is 0. The first-order valence-corrected chi connectivity index (χ1v) is 0. The molecule has 0 saturated heterocycles. The van der Waals surface area contributed by atoms with E-state index < -0.39 is 0 Å². The Kier molecular flexibility index (Phi) is 427. The number of rotatable bonds is 0. The van der Waals surface area contributed by atoms with Crippen LogP contribution in [0.3, 0.4) is 0 Å². The van der Waals surface area contributed by atoms with Crippen molar-refractivity contribution in [3.05, 3.63) is 0 Å². The second-order valence-corrected chi connectivity index (χ2v) is 0. The second kappa shape index (κ2) is 56.4.